The molecule has 0 aromatic heterocycles. The molecule has 0 saturated carbocycles. The quantitative estimate of drug-likeness (QED) is 0.694. The third-order valence-electron chi connectivity index (χ3n) is 5.09. The van der Waals surface area contributed by atoms with Crippen LogP contribution in [0.25, 0.3) is 11.8 Å². The van der Waals surface area contributed by atoms with Crippen molar-refractivity contribution >= 4 is 17.8 Å². The van der Waals surface area contributed by atoms with Crippen molar-refractivity contribution in [1.29, 1.82) is 0 Å². The van der Waals surface area contributed by atoms with Gasteiger partial charge >= 0.3 is 5.97 Å². The predicted octanol–water partition coefficient (Wildman–Crippen LogP) is 2.87. The van der Waals surface area contributed by atoms with Crippen LogP contribution in [0.2, 0.25) is 0 Å². The van der Waals surface area contributed by atoms with E-state index in [4.69, 9.17) is 28.4 Å². The Balaban J connectivity index is 1.88. The molecule has 8 nitrogen and oxygen atoms in total. The van der Waals surface area contributed by atoms with Gasteiger partial charge in [0, 0.05) is 11.1 Å². The standard InChI is InChI=1S/C22H23NO7/c1-23-8-7-12-9-17-21(29-11-28-17)19(26-3)14(12)10-16-13-5-6-15(25-2)20(27-4)18(13)22(24)30-16/h5-6,9-10,23H,7-8,11H2,1-4H3. The molecule has 0 unspecified atom stereocenters. The number of fused-ring (bicyclic) bond motifs is 2. The van der Waals surface area contributed by atoms with E-state index in [0.29, 0.717) is 45.6 Å². The van der Waals surface area contributed by atoms with Crippen LogP contribution in [0.5, 0.6) is 28.7 Å². The maximum absolute atomic E-state index is 12.6. The molecule has 0 bridgehead atoms. The smallest absolute Gasteiger partial charge is 0.348 e. The van der Waals surface area contributed by atoms with Crippen molar-refractivity contribution in [2.75, 3.05) is 41.7 Å². The molecule has 1 N–H and O–H groups in total. The second-order valence-corrected chi connectivity index (χ2v) is 6.69. The summed E-state index contributed by atoms with van der Waals surface area (Å²) < 4.78 is 33.1. The van der Waals surface area contributed by atoms with E-state index in [2.05, 4.69) is 5.32 Å². The number of benzene rings is 2. The molecule has 0 aliphatic carbocycles. The summed E-state index contributed by atoms with van der Waals surface area (Å²) in [6.45, 7) is 0.881. The van der Waals surface area contributed by atoms with Crippen molar-refractivity contribution in [2.45, 2.75) is 6.42 Å². The predicted molar refractivity (Wildman–Crippen MR) is 110 cm³/mol. The van der Waals surface area contributed by atoms with Gasteiger partial charge in [0.15, 0.2) is 23.0 Å². The van der Waals surface area contributed by atoms with Gasteiger partial charge in [-0.3, -0.25) is 0 Å². The molecule has 2 aliphatic rings. The normalized spacial score (nSPS) is 15.2. The molecule has 0 radical (unpaired) electrons. The van der Waals surface area contributed by atoms with Gasteiger partial charge in [0.25, 0.3) is 0 Å². The first-order valence-corrected chi connectivity index (χ1v) is 9.46. The van der Waals surface area contributed by atoms with Gasteiger partial charge in [0.05, 0.1) is 21.3 Å². The van der Waals surface area contributed by atoms with Crippen LogP contribution >= 0.6 is 0 Å². The number of hydrogen-bond acceptors (Lipinski definition) is 8. The summed E-state index contributed by atoms with van der Waals surface area (Å²) in [7, 11) is 6.47. The van der Waals surface area contributed by atoms with E-state index in [9.17, 15) is 4.79 Å². The fourth-order valence-electron chi connectivity index (χ4n) is 3.68. The minimum Gasteiger partial charge on any atom is -0.493 e. The summed E-state index contributed by atoms with van der Waals surface area (Å²) in [4.78, 5) is 12.6. The van der Waals surface area contributed by atoms with Gasteiger partial charge < -0.3 is 33.7 Å². The summed E-state index contributed by atoms with van der Waals surface area (Å²) in [6.07, 6.45) is 2.51. The van der Waals surface area contributed by atoms with Crippen LogP contribution in [0.1, 0.15) is 27.0 Å². The summed E-state index contributed by atoms with van der Waals surface area (Å²) in [6, 6.07) is 5.45. The van der Waals surface area contributed by atoms with Crippen LogP contribution in [0.15, 0.2) is 18.2 Å². The van der Waals surface area contributed by atoms with Gasteiger partial charge in [0.2, 0.25) is 12.5 Å². The highest BCUT2D eigenvalue weighted by Crippen LogP contribution is 2.48. The van der Waals surface area contributed by atoms with E-state index in [1.54, 1.807) is 25.3 Å². The Morgan fingerprint density at radius 1 is 1.10 bits per heavy atom. The van der Waals surface area contributed by atoms with Gasteiger partial charge in [-0.2, -0.15) is 0 Å². The zero-order valence-corrected chi connectivity index (χ0v) is 17.3. The molecule has 0 saturated heterocycles. The number of nitrogens with one attached hydrogen (secondary N) is 1. The number of likely N-dealkylation sites (N-methyl/N-ethyl adjacent to an activating group) is 1. The number of cyclic esters (lactones) is 1. The van der Waals surface area contributed by atoms with E-state index < -0.39 is 5.97 Å². The Kier molecular flexibility index (Phi) is 5.41. The molecule has 2 aliphatic heterocycles. The zero-order valence-electron chi connectivity index (χ0n) is 17.3. The van der Waals surface area contributed by atoms with Crippen molar-refractivity contribution in [1.82, 2.24) is 5.32 Å². The number of rotatable bonds is 7. The molecule has 0 amide bonds. The van der Waals surface area contributed by atoms with Crippen molar-refractivity contribution in [3.63, 3.8) is 0 Å². The Labute approximate surface area is 174 Å². The van der Waals surface area contributed by atoms with Crippen LogP contribution < -0.4 is 29.0 Å². The molecular formula is C22H23NO7. The van der Waals surface area contributed by atoms with Gasteiger partial charge in [0.1, 0.15) is 11.3 Å². The summed E-state index contributed by atoms with van der Waals surface area (Å²) >= 11 is 0. The lowest BCUT2D eigenvalue weighted by atomic mass is 9.99. The van der Waals surface area contributed by atoms with Crippen LogP contribution in [-0.4, -0.2) is 47.7 Å². The number of esters is 1. The van der Waals surface area contributed by atoms with E-state index in [1.165, 1.54) is 14.2 Å². The van der Waals surface area contributed by atoms with Crippen molar-refractivity contribution in [3.8, 4) is 28.7 Å². The first kappa shape index (κ1) is 19.9. The monoisotopic (exact) mass is 413 g/mol. The maximum atomic E-state index is 12.6. The lowest BCUT2D eigenvalue weighted by Gasteiger charge is -2.14. The SMILES string of the molecule is CNCCc1cc2c(c(OC)c1C=C1OC(=O)c3c1ccc(OC)c3OC)OCO2. The molecule has 2 heterocycles. The number of ether oxygens (including phenoxy) is 6. The molecule has 158 valence electrons. The van der Waals surface area contributed by atoms with Crippen molar-refractivity contribution < 1.29 is 33.2 Å². The Bertz CT molecular complexity index is 1030. The number of carbonyl (C=O) groups excluding carboxylic acids is 1. The average Bonchev–Trinajstić information content (AvgIpc) is 3.35. The van der Waals surface area contributed by atoms with Crippen molar-refractivity contribution in [2.24, 2.45) is 0 Å². The number of hydrogen-bond donors (Lipinski definition) is 1. The average molecular weight is 413 g/mol. The van der Waals surface area contributed by atoms with E-state index >= 15 is 0 Å². The van der Waals surface area contributed by atoms with E-state index in [-0.39, 0.29) is 6.79 Å². The van der Waals surface area contributed by atoms with Crippen LogP contribution in [0.4, 0.5) is 0 Å². The first-order valence-electron chi connectivity index (χ1n) is 9.46. The minimum absolute atomic E-state index is 0.131. The van der Waals surface area contributed by atoms with Gasteiger partial charge in [-0.25, -0.2) is 4.79 Å². The first-order chi connectivity index (χ1) is 14.6. The molecule has 2 aromatic rings. The Morgan fingerprint density at radius 3 is 2.60 bits per heavy atom. The topological polar surface area (TPSA) is 84.5 Å². The van der Waals surface area contributed by atoms with E-state index in [1.807, 2.05) is 13.1 Å². The lowest BCUT2D eigenvalue weighted by molar-refractivity contribution is 0.0713. The maximum Gasteiger partial charge on any atom is 0.348 e. The van der Waals surface area contributed by atoms with Crippen LogP contribution in [0.3, 0.4) is 0 Å². The molecule has 8 heteroatoms. The molecule has 0 spiro atoms. The highest BCUT2D eigenvalue weighted by molar-refractivity contribution is 6.08. The summed E-state index contributed by atoms with van der Waals surface area (Å²) in [5.74, 6) is 2.42. The Hall–Kier alpha value is -3.39. The number of methoxy groups -OCH3 is 3. The van der Waals surface area contributed by atoms with E-state index in [0.717, 1.165) is 24.1 Å². The third-order valence-corrected chi connectivity index (χ3v) is 5.09. The fraction of sp³-hybridized carbons (Fsp3) is 0.318. The highest BCUT2D eigenvalue weighted by atomic mass is 16.7. The summed E-state index contributed by atoms with van der Waals surface area (Å²) in [5.41, 5.74) is 2.70. The molecule has 30 heavy (non-hydrogen) atoms. The molecule has 2 aromatic carbocycles. The van der Waals surface area contributed by atoms with Gasteiger partial charge in [-0.05, 0) is 49.9 Å². The Morgan fingerprint density at radius 2 is 1.90 bits per heavy atom. The minimum atomic E-state index is -0.497. The summed E-state index contributed by atoms with van der Waals surface area (Å²) in [5, 5.41) is 3.14. The largest absolute Gasteiger partial charge is 0.493 e. The lowest BCUT2D eigenvalue weighted by Crippen LogP contribution is -2.11. The molecule has 4 rings (SSSR count). The second kappa shape index (κ2) is 8.16. The molecule has 0 fully saturated rings. The third kappa shape index (κ3) is 3.19. The van der Waals surface area contributed by atoms with Crippen LogP contribution in [-0.2, 0) is 11.2 Å². The van der Waals surface area contributed by atoms with Crippen LogP contribution in [0, 0.1) is 0 Å². The second-order valence-electron chi connectivity index (χ2n) is 6.69. The number of carbonyl (C=O) groups is 1. The molecular weight excluding hydrogens is 390 g/mol. The fourth-order valence-corrected chi connectivity index (χ4v) is 3.68. The van der Waals surface area contributed by atoms with Crippen molar-refractivity contribution in [3.05, 3.63) is 40.5 Å². The molecule has 0 atom stereocenters. The van der Waals surface area contributed by atoms with Gasteiger partial charge in [-0.1, -0.05) is 0 Å². The van der Waals surface area contributed by atoms with Gasteiger partial charge in [-0.15, -0.1) is 0 Å². The zero-order chi connectivity index (χ0) is 21.3. The highest BCUT2D eigenvalue weighted by Gasteiger charge is 2.33.